The van der Waals surface area contributed by atoms with E-state index in [9.17, 15) is 4.79 Å². The van der Waals surface area contributed by atoms with Gasteiger partial charge >= 0.3 is 0 Å². The number of hydrogen-bond acceptors (Lipinski definition) is 5. The highest BCUT2D eigenvalue weighted by Gasteiger charge is 2.22. The highest BCUT2D eigenvalue weighted by Crippen LogP contribution is 2.34. The maximum absolute atomic E-state index is 13.0. The number of fused-ring (bicyclic) bond motifs is 1. The van der Waals surface area contributed by atoms with Gasteiger partial charge in [0.25, 0.3) is 5.91 Å². The molecule has 2 N–H and O–H groups in total. The molecule has 0 aromatic heterocycles. The van der Waals surface area contributed by atoms with Crippen LogP contribution < -0.4 is 20.3 Å². The molecular weight excluding hydrogens is 456 g/mol. The number of ether oxygens (including phenoxy) is 1. The van der Waals surface area contributed by atoms with E-state index >= 15 is 0 Å². The molecule has 0 saturated carbocycles. The first kappa shape index (κ1) is 23.3. The summed E-state index contributed by atoms with van der Waals surface area (Å²) in [6.45, 7) is 6.91. The Morgan fingerprint density at radius 1 is 1.06 bits per heavy atom. The number of methoxy groups -OCH3 is 1. The van der Waals surface area contributed by atoms with Crippen LogP contribution in [0.2, 0.25) is 5.02 Å². The van der Waals surface area contributed by atoms with E-state index in [2.05, 4.69) is 27.4 Å². The van der Waals surface area contributed by atoms with Crippen molar-refractivity contribution in [1.82, 2.24) is 10.2 Å². The SMILES string of the molecule is CCN1CCN(c2c(Cl)cccc2NC(=S)NC(=O)c2cc3ccccc3cc2OC)CC1. The topological polar surface area (TPSA) is 56.8 Å². The Hall–Kier alpha value is -2.87. The molecule has 33 heavy (non-hydrogen) atoms. The van der Waals surface area contributed by atoms with E-state index in [0.717, 1.165) is 54.9 Å². The maximum Gasteiger partial charge on any atom is 0.261 e. The molecule has 172 valence electrons. The van der Waals surface area contributed by atoms with Gasteiger partial charge in [0, 0.05) is 26.2 Å². The summed E-state index contributed by atoms with van der Waals surface area (Å²) in [5.74, 6) is 0.154. The Morgan fingerprint density at radius 2 is 1.76 bits per heavy atom. The zero-order chi connectivity index (χ0) is 23.4. The minimum Gasteiger partial charge on any atom is -0.496 e. The molecule has 0 radical (unpaired) electrons. The van der Waals surface area contributed by atoms with E-state index in [4.69, 9.17) is 28.6 Å². The Labute approximate surface area is 204 Å². The summed E-state index contributed by atoms with van der Waals surface area (Å²) in [4.78, 5) is 17.7. The summed E-state index contributed by atoms with van der Waals surface area (Å²) in [5, 5.41) is 8.75. The molecule has 0 atom stereocenters. The average molecular weight is 483 g/mol. The van der Waals surface area contributed by atoms with Crippen LogP contribution in [0.25, 0.3) is 10.8 Å². The van der Waals surface area contributed by atoms with Crippen molar-refractivity contribution < 1.29 is 9.53 Å². The third-order valence-electron chi connectivity index (χ3n) is 5.91. The van der Waals surface area contributed by atoms with Gasteiger partial charge in [-0.2, -0.15) is 0 Å². The van der Waals surface area contributed by atoms with E-state index in [1.807, 2.05) is 54.6 Å². The lowest BCUT2D eigenvalue weighted by atomic mass is 10.1. The van der Waals surface area contributed by atoms with Gasteiger partial charge in [-0.1, -0.05) is 48.9 Å². The second-order valence-electron chi connectivity index (χ2n) is 7.87. The van der Waals surface area contributed by atoms with Gasteiger partial charge in [-0.3, -0.25) is 10.1 Å². The second-order valence-corrected chi connectivity index (χ2v) is 8.68. The highest BCUT2D eigenvalue weighted by atomic mass is 35.5. The van der Waals surface area contributed by atoms with Crippen molar-refractivity contribution in [2.45, 2.75) is 6.92 Å². The van der Waals surface area contributed by atoms with Gasteiger partial charge in [-0.15, -0.1) is 0 Å². The molecule has 1 aliphatic heterocycles. The van der Waals surface area contributed by atoms with Gasteiger partial charge in [-0.25, -0.2) is 0 Å². The van der Waals surface area contributed by atoms with Crippen molar-refractivity contribution >= 4 is 57.0 Å². The molecule has 0 spiro atoms. The number of thiocarbonyl (C=S) groups is 1. The van der Waals surface area contributed by atoms with Gasteiger partial charge in [0.2, 0.25) is 0 Å². The van der Waals surface area contributed by atoms with Crippen LogP contribution in [0.1, 0.15) is 17.3 Å². The molecule has 1 heterocycles. The van der Waals surface area contributed by atoms with Gasteiger partial charge in [-0.05, 0) is 53.8 Å². The minimum atomic E-state index is -0.338. The van der Waals surface area contributed by atoms with Gasteiger partial charge in [0.1, 0.15) is 5.75 Å². The van der Waals surface area contributed by atoms with Crippen molar-refractivity contribution in [1.29, 1.82) is 0 Å². The summed E-state index contributed by atoms with van der Waals surface area (Å²) in [7, 11) is 1.55. The number of para-hydroxylation sites is 1. The van der Waals surface area contributed by atoms with Crippen LogP contribution in [-0.4, -0.2) is 55.8 Å². The Morgan fingerprint density at radius 3 is 2.42 bits per heavy atom. The normalized spacial score (nSPS) is 14.2. The quantitative estimate of drug-likeness (QED) is 0.511. The number of likely N-dealkylation sites (N-methyl/N-ethyl adjacent to an activating group) is 1. The molecule has 1 amide bonds. The predicted molar refractivity (Wildman–Crippen MR) is 140 cm³/mol. The molecule has 0 unspecified atom stereocenters. The van der Waals surface area contributed by atoms with E-state index < -0.39 is 0 Å². The number of benzene rings is 3. The van der Waals surface area contributed by atoms with Crippen LogP contribution in [0.3, 0.4) is 0 Å². The van der Waals surface area contributed by atoms with Crippen LogP contribution in [0.15, 0.2) is 54.6 Å². The molecule has 0 aliphatic carbocycles. The second kappa shape index (κ2) is 10.4. The van der Waals surface area contributed by atoms with Crippen molar-refractivity contribution in [3.8, 4) is 5.75 Å². The summed E-state index contributed by atoms with van der Waals surface area (Å²) in [5.41, 5.74) is 2.08. The fraction of sp³-hybridized carbons (Fsp3) is 0.280. The standard InChI is InChI=1S/C25H27ClN4O2S/c1-3-29-11-13-30(14-12-29)23-20(26)9-6-10-21(23)27-25(33)28-24(31)19-15-17-7-4-5-8-18(17)16-22(19)32-2/h4-10,15-16H,3,11-14H2,1-2H3,(H2,27,28,31,33). The lowest BCUT2D eigenvalue weighted by Gasteiger charge is -2.37. The first-order valence-corrected chi connectivity index (χ1v) is 11.7. The maximum atomic E-state index is 13.0. The van der Waals surface area contributed by atoms with Crippen molar-refractivity contribution in [2.24, 2.45) is 0 Å². The molecule has 6 nitrogen and oxygen atoms in total. The Bertz CT molecular complexity index is 1180. The third-order valence-corrected chi connectivity index (χ3v) is 6.42. The molecule has 8 heteroatoms. The van der Waals surface area contributed by atoms with Gasteiger partial charge < -0.3 is 19.9 Å². The molecule has 3 aromatic rings. The summed E-state index contributed by atoms with van der Waals surface area (Å²) in [6.07, 6.45) is 0. The molecule has 1 fully saturated rings. The molecule has 4 rings (SSSR count). The molecule has 3 aromatic carbocycles. The number of carbonyl (C=O) groups excluding carboxylic acids is 1. The van der Waals surface area contributed by atoms with E-state index in [1.165, 1.54) is 0 Å². The van der Waals surface area contributed by atoms with Crippen molar-refractivity contribution in [2.75, 3.05) is 50.1 Å². The summed E-state index contributed by atoms with van der Waals surface area (Å²) in [6, 6.07) is 17.1. The molecular formula is C25H27ClN4O2S. The number of anilines is 2. The number of halogens is 1. The number of carbonyl (C=O) groups is 1. The number of rotatable bonds is 5. The average Bonchev–Trinajstić information content (AvgIpc) is 2.83. The van der Waals surface area contributed by atoms with E-state index in [0.29, 0.717) is 16.3 Å². The first-order chi connectivity index (χ1) is 16.0. The van der Waals surface area contributed by atoms with Gasteiger partial charge in [0.05, 0.1) is 29.1 Å². The van der Waals surface area contributed by atoms with Crippen LogP contribution in [0.5, 0.6) is 5.75 Å². The summed E-state index contributed by atoms with van der Waals surface area (Å²) >= 11 is 12.0. The smallest absolute Gasteiger partial charge is 0.261 e. The molecule has 1 saturated heterocycles. The largest absolute Gasteiger partial charge is 0.496 e. The fourth-order valence-electron chi connectivity index (χ4n) is 4.12. The van der Waals surface area contributed by atoms with Crippen molar-refractivity contribution in [3.05, 3.63) is 65.2 Å². The lowest BCUT2D eigenvalue weighted by molar-refractivity contribution is 0.0975. The summed E-state index contributed by atoms with van der Waals surface area (Å²) < 4.78 is 5.45. The van der Waals surface area contributed by atoms with Crippen LogP contribution in [0, 0.1) is 0 Å². The lowest BCUT2D eigenvalue weighted by Crippen LogP contribution is -2.46. The van der Waals surface area contributed by atoms with Gasteiger partial charge in [0.15, 0.2) is 5.11 Å². The highest BCUT2D eigenvalue weighted by molar-refractivity contribution is 7.80. The van der Waals surface area contributed by atoms with E-state index in [-0.39, 0.29) is 11.0 Å². The Balaban J connectivity index is 1.51. The monoisotopic (exact) mass is 482 g/mol. The van der Waals surface area contributed by atoms with Crippen LogP contribution in [-0.2, 0) is 0 Å². The predicted octanol–water partition coefficient (Wildman–Crippen LogP) is 4.77. The zero-order valence-corrected chi connectivity index (χ0v) is 20.3. The number of piperazine rings is 1. The minimum absolute atomic E-state index is 0.200. The van der Waals surface area contributed by atoms with Crippen LogP contribution >= 0.6 is 23.8 Å². The zero-order valence-electron chi connectivity index (χ0n) is 18.7. The fourth-order valence-corrected chi connectivity index (χ4v) is 4.61. The number of hydrogen-bond donors (Lipinski definition) is 2. The first-order valence-electron chi connectivity index (χ1n) is 10.9. The number of nitrogens with one attached hydrogen (secondary N) is 2. The molecule has 1 aliphatic rings. The number of amides is 1. The Kier molecular flexibility index (Phi) is 7.33. The van der Waals surface area contributed by atoms with E-state index in [1.54, 1.807) is 7.11 Å². The van der Waals surface area contributed by atoms with Crippen LogP contribution in [0.4, 0.5) is 11.4 Å². The third kappa shape index (κ3) is 5.21. The van der Waals surface area contributed by atoms with Crippen molar-refractivity contribution in [3.63, 3.8) is 0 Å². The molecule has 0 bridgehead atoms. The number of nitrogens with zero attached hydrogens (tertiary/aromatic N) is 2.